The fourth-order valence-electron chi connectivity index (χ4n) is 1.89. The predicted octanol–water partition coefficient (Wildman–Crippen LogP) is 0.355. The number of aromatic nitrogens is 4. The minimum Gasteiger partial charge on any atom is -0.396 e. The van der Waals surface area contributed by atoms with Gasteiger partial charge in [0.15, 0.2) is 11.5 Å². The molecule has 0 fully saturated rings. The van der Waals surface area contributed by atoms with E-state index in [0.29, 0.717) is 29.9 Å². The fraction of sp³-hybridized carbons (Fsp3) is 0.583. The lowest BCUT2D eigenvalue weighted by Crippen LogP contribution is -2.17. The van der Waals surface area contributed by atoms with E-state index in [1.165, 1.54) is 6.33 Å². The number of hydrogen-bond acceptors (Lipinski definition) is 8. The largest absolute Gasteiger partial charge is 0.396 e. The van der Waals surface area contributed by atoms with Gasteiger partial charge < -0.3 is 29.6 Å². The molecule has 0 radical (unpaired) electrons. The van der Waals surface area contributed by atoms with Gasteiger partial charge in [0, 0.05) is 6.61 Å². The molecule has 2 heterocycles. The van der Waals surface area contributed by atoms with Crippen molar-refractivity contribution < 1.29 is 23.8 Å². The van der Waals surface area contributed by atoms with E-state index in [1.54, 1.807) is 17.8 Å². The Morgan fingerprint density at radius 2 is 2.22 bits per heavy atom. The standard InChI is InChI=1S/C12H20N5O5P/c1-9(21-8-23(19,20)22-4-2-3-18)5-17-7-16-10-11(13)14-6-15-12(10)17/h6-7,9,18H,2-5,8H2,1H3,(H,19,20)(H2,13,14,15)/t9-/m1/s1. The van der Waals surface area contributed by atoms with Crippen molar-refractivity contribution in [3.05, 3.63) is 12.7 Å². The summed E-state index contributed by atoms with van der Waals surface area (Å²) in [5.41, 5.74) is 6.78. The average Bonchev–Trinajstić information content (AvgIpc) is 2.90. The Balaban J connectivity index is 1.90. The molecule has 1 unspecified atom stereocenters. The summed E-state index contributed by atoms with van der Waals surface area (Å²) in [7, 11) is -3.83. The molecule has 4 N–H and O–H groups in total. The van der Waals surface area contributed by atoms with Crippen LogP contribution in [0.5, 0.6) is 0 Å². The number of imidazole rings is 1. The quantitative estimate of drug-likeness (QED) is 0.433. The van der Waals surface area contributed by atoms with Gasteiger partial charge in [-0.1, -0.05) is 0 Å². The van der Waals surface area contributed by atoms with Crippen LogP contribution in [-0.4, -0.2) is 55.2 Å². The minimum absolute atomic E-state index is 0.00434. The van der Waals surface area contributed by atoms with Crippen LogP contribution < -0.4 is 5.73 Å². The van der Waals surface area contributed by atoms with Crippen LogP contribution in [0.1, 0.15) is 13.3 Å². The third-order valence-corrected chi connectivity index (χ3v) is 4.06. The van der Waals surface area contributed by atoms with Crippen LogP contribution in [0.3, 0.4) is 0 Å². The minimum atomic E-state index is -3.83. The maximum atomic E-state index is 11.7. The molecule has 0 bridgehead atoms. The van der Waals surface area contributed by atoms with Crippen molar-refractivity contribution in [2.24, 2.45) is 0 Å². The number of aliphatic hydroxyl groups excluding tert-OH is 1. The second-order valence-corrected chi connectivity index (χ2v) is 6.77. The van der Waals surface area contributed by atoms with Gasteiger partial charge in [-0.15, -0.1) is 0 Å². The molecule has 0 saturated heterocycles. The number of nitrogens with two attached hydrogens (primary N) is 1. The number of anilines is 1. The Morgan fingerprint density at radius 1 is 1.43 bits per heavy atom. The van der Waals surface area contributed by atoms with Crippen LogP contribution in [0, 0.1) is 0 Å². The highest BCUT2D eigenvalue weighted by Crippen LogP contribution is 2.42. The van der Waals surface area contributed by atoms with Crippen molar-refractivity contribution in [2.75, 3.05) is 25.3 Å². The van der Waals surface area contributed by atoms with Gasteiger partial charge in [-0.3, -0.25) is 4.57 Å². The van der Waals surface area contributed by atoms with Gasteiger partial charge in [0.1, 0.15) is 18.2 Å². The Kier molecular flexibility index (Phi) is 6.03. The Labute approximate surface area is 132 Å². The van der Waals surface area contributed by atoms with E-state index >= 15 is 0 Å². The van der Waals surface area contributed by atoms with Gasteiger partial charge in [-0.25, -0.2) is 15.0 Å². The summed E-state index contributed by atoms with van der Waals surface area (Å²) in [5, 5.41) is 8.62. The molecule has 128 valence electrons. The van der Waals surface area contributed by atoms with E-state index in [9.17, 15) is 9.46 Å². The SMILES string of the molecule is C[C@H](Cn1cnc2c(N)ncnc21)OCP(=O)(O)OCCCO. The Morgan fingerprint density at radius 3 is 2.96 bits per heavy atom. The molecule has 2 atom stereocenters. The molecule has 0 amide bonds. The molecule has 10 nitrogen and oxygen atoms in total. The van der Waals surface area contributed by atoms with Crippen molar-refractivity contribution in [3.63, 3.8) is 0 Å². The first-order valence-corrected chi connectivity index (χ1v) is 8.79. The van der Waals surface area contributed by atoms with Crippen LogP contribution in [0.25, 0.3) is 11.2 Å². The molecule has 0 saturated carbocycles. The topological polar surface area (TPSA) is 146 Å². The van der Waals surface area contributed by atoms with Crippen molar-refractivity contribution in [1.82, 2.24) is 19.5 Å². The highest BCUT2D eigenvalue weighted by molar-refractivity contribution is 7.52. The van der Waals surface area contributed by atoms with Crippen LogP contribution in [0.15, 0.2) is 12.7 Å². The van der Waals surface area contributed by atoms with Crippen LogP contribution in [-0.2, 0) is 20.4 Å². The maximum Gasteiger partial charge on any atom is 0.353 e. The second-order valence-electron chi connectivity index (χ2n) is 4.98. The van der Waals surface area contributed by atoms with E-state index in [0.717, 1.165) is 0 Å². The molecule has 0 spiro atoms. The highest BCUT2D eigenvalue weighted by Gasteiger charge is 2.21. The van der Waals surface area contributed by atoms with Crippen molar-refractivity contribution in [3.8, 4) is 0 Å². The molecule has 2 aromatic heterocycles. The lowest BCUT2D eigenvalue weighted by atomic mass is 10.4. The fourth-order valence-corrected chi connectivity index (χ4v) is 2.82. The van der Waals surface area contributed by atoms with Crippen molar-refractivity contribution in [2.45, 2.75) is 26.0 Å². The summed E-state index contributed by atoms with van der Waals surface area (Å²) >= 11 is 0. The zero-order chi connectivity index (χ0) is 16.9. The Hall–Kier alpha value is -1.58. The maximum absolute atomic E-state index is 11.7. The van der Waals surface area contributed by atoms with Crippen LogP contribution in [0.4, 0.5) is 5.82 Å². The molecule has 0 aliphatic heterocycles. The zero-order valence-electron chi connectivity index (χ0n) is 12.7. The lowest BCUT2D eigenvalue weighted by molar-refractivity contribution is 0.0709. The summed E-state index contributed by atoms with van der Waals surface area (Å²) in [6.07, 6.45) is 2.40. The number of nitrogen functional groups attached to an aromatic ring is 1. The predicted molar refractivity (Wildman–Crippen MR) is 82.6 cm³/mol. The third-order valence-electron chi connectivity index (χ3n) is 3.00. The van der Waals surface area contributed by atoms with E-state index in [2.05, 4.69) is 15.0 Å². The van der Waals surface area contributed by atoms with Gasteiger partial charge in [0.25, 0.3) is 0 Å². The highest BCUT2D eigenvalue weighted by atomic mass is 31.2. The number of fused-ring (bicyclic) bond motifs is 1. The van der Waals surface area contributed by atoms with E-state index in [4.69, 9.17) is 20.1 Å². The lowest BCUT2D eigenvalue weighted by Gasteiger charge is -2.17. The summed E-state index contributed by atoms with van der Waals surface area (Å²) < 4.78 is 23.6. The molecule has 2 aromatic rings. The number of aliphatic hydroxyl groups is 1. The molecular formula is C12H20N5O5P. The number of ether oxygens (including phenoxy) is 1. The molecular weight excluding hydrogens is 325 g/mol. The molecule has 0 aliphatic rings. The molecule has 2 rings (SSSR count). The van der Waals surface area contributed by atoms with Crippen molar-refractivity contribution in [1.29, 1.82) is 0 Å². The summed E-state index contributed by atoms with van der Waals surface area (Å²) in [6, 6.07) is 0. The molecule has 11 heteroatoms. The van der Waals surface area contributed by atoms with Gasteiger partial charge in [-0.2, -0.15) is 0 Å². The number of hydrogen-bond donors (Lipinski definition) is 3. The van der Waals surface area contributed by atoms with Gasteiger partial charge in [0.2, 0.25) is 0 Å². The first-order valence-electron chi connectivity index (χ1n) is 7.03. The van der Waals surface area contributed by atoms with Crippen LogP contribution >= 0.6 is 7.60 Å². The van der Waals surface area contributed by atoms with E-state index in [-0.39, 0.29) is 19.3 Å². The molecule has 0 aromatic carbocycles. The summed E-state index contributed by atoms with van der Waals surface area (Å²) in [5.74, 6) is 0.291. The molecule has 0 aliphatic carbocycles. The first-order chi connectivity index (χ1) is 10.9. The van der Waals surface area contributed by atoms with Gasteiger partial charge >= 0.3 is 7.60 Å². The monoisotopic (exact) mass is 345 g/mol. The Bertz CT molecular complexity index is 694. The summed E-state index contributed by atoms with van der Waals surface area (Å²) in [4.78, 5) is 21.7. The average molecular weight is 345 g/mol. The van der Waals surface area contributed by atoms with E-state index in [1.807, 2.05) is 0 Å². The zero-order valence-corrected chi connectivity index (χ0v) is 13.6. The molecule has 23 heavy (non-hydrogen) atoms. The van der Waals surface area contributed by atoms with Crippen molar-refractivity contribution >= 4 is 24.6 Å². The smallest absolute Gasteiger partial charge is 0.353 e. The summed E-state index contributed by atoms with van der Waals surface area (Å²) in [6.45, 7) is 2.04. The number of nitrogens with zero attached hydrogens (tertiary/aromatic N) is 4. The van der Waals surface area contributed by atoms with E-state index < -0.39 is 13.9 Å². The third kappa shape index (κ3) is 4.95. The van der Waals surface area contributed by atoms with Crippen LogP contribution in [0.2, 0.25) is 0 Å². The normalized spacial score (nSPS) is 15.6. The van der Waals surface area contributed by atoms with Gasteiger partial charge in [-0.05, 0) is 13.3 Å². The first kappa shape index (κ1) is 17.8. The van der Waals surface area contributed by atoms with Gasteiger partial charge in [0.05, 0.1) is 25.6 Å². The number of rotatable bonds is 9. The second kappa shape index (κ2) is 7.80.